The maximum absolute atomic E-state index is 11.2. The summed E-state index contributed by atoms with van der Waals surface area (Å²) in [6, 6.07) is 79.2. The first-order valence-corrected chi connectivity index (χ1v) is 20.7. The molecule has 5 nitrogen and oxygen atoms in total. The van der Waals surface area contributed by atoms with Gasteiger partial charge in [0, 0.05) is 29.7 Å². The Hall–Kier alpha value is -8.02. The van der Waals surface area contributed by atoms with Crippen molar-refractivity contribution in [3.05, 3.63) is 260 Å². The van der Waals surface area contributed by atoms with Crippen molar-refractivity contribution in [1.82, 2.24) is 15.0 Å². The van der Waals surface area contributed by atoms with Crippen LogP contribution < -0.4 is 0 Å². The molecule has 0 spiro atoms. The summed E-state index contributed by atoms with van der Waals surface area (Å²) in [5.74, 6) is 0. The normalized spacial score (nSPS) is 10.2. The SMILES string of the molecule is O=Cc1cccc(-c2cc[c-]c(-c3ccccn3)c2)c1.O=Cc1cccc(-c2cccc(-c3cccc(-c4cc[c-]c(-c5ccccn5)c4)c3)c2)c1.[Ir+3].[c-]1ccccc1-c1ccccn1. The molecule has 0 amide bonds. The zero-order valence-electron chi connectivity index (χ0n) is 35.1. The van der Waals surface area contributed by atoms with Crippen molar-refractivity contribution in [2.24, 2.45) is 0 Å². The molecular weight excluding hydrogens is 975 g/mol. The first-order valence-electron chi connectivity index (χ1n) is 20.7. The number of carbonyl (C=O) groups excluding carboxylic acids is 2. The molecule has 0 atom stereocenters. The summed E-state index contributed by atoms with van der Waals surface area (Å²) in [5.41, 5.74) is 15.8. The van der Waals surface area contributed by atoms with Crippen LogP contribution in [0, 0.1) is 18.2 Å². The number of carbonyl (C=O) groups is 2. The number of aldehydes is 2. The van der Waals surface area contributed by atoms with E-state index in [9.17, 15) is 9.59 Å². The van der Waals surface area contributed by atoms with Crippen molar-refractivity contribution in [3.8, 4) is 78.3 Å². The van der Waals surface area contributed by atoms with E-state index in [1.54, 1.807) is 24.7 Å². The van der Waals surface area contributed by atoms with Crippen LogP contribution in [0.1, 0.15) is 20.7 Å². The molecule has 0 aliphatic heterocycles. The number of aromatic nitrogens is 3. The maximum Gasteiger partial charge on any atom is 3.00 e. The summed E-state index contributed by atoms with van der Waals surface area (Å²) < 4.78 is 0. The van der Waals surface area contributed by atoms with E-state index in [4.69, 9.17) is 0 Å². The Kier molecular flexibility index (Phi) is 15.9. The second-order valence-corrected chi connectivity index (χ2v) is 14.6. The third kappa shape index (κ3) is 12.1. The van der Waals surface area contributed by atoms with E-state index in [1.165, 1.54) is 0 Å². The molecule has 0 bridgehead atoms. The van der Waals surface area contributed by atoms with Crippen LogP contribution in [0.5, 0.6) is 0 Å². The van der Waals surface area contributed by atoms with Gasteiger partial charge in [0.25, 0.3) is 0 Å². The standard InChI is InChI=1S/C30H20NO.C18H12NO.C11H8N.Ir/c32-21-22-7-3-8-23(17-22)24-9-4-10-25(18-24)26-11-5-12-27(19-26)28-13-6-14-29(20-28)30-15-1-2-16-31-30;20-13-14-5-3-6-15(11-14)16-7-4-8-17(12-16)18-9-1-2-10-19-18;1-2-6-10(7-3-1)11-8-4-5-9-12-11;/h1-13,15-21H;1-7,9-13H;1-6,8-9H;/q3*-1;+3. The number of benzene rings is 7. The summed E-state index contributed by atoms with van der Waals surface area (Å²) in [6.07, 6.45) is 7.10. The van der Waals surface area contributed by atoms with E-state index < -0.39 is 0 Å². The minimum absolute atomic E-state index is 0. The topological polar surface area (TPSA) is 72.8 Å². The number of hydrogen-bond acceptors (Lipinski definition) is 5. The number of nitrogens with zero attached hydrogens (tertiary/aromatic N) is 3. The van der Waals surface area contributed by atoms with Crippen LogP contribution in [-0.4, -0.2) is 27.5 Å². The fourth-order valence-corrected chi connectivity index (χ4v) is 7.05. The summed E-state index contributed by atoms with van der Waals surface area (Å²) in [5, 5.41) is 0. The Morgan fingerprint density at radius 3 is 1.03 bits per heavy atom. The number of hydrogen-bond donors (Lipinski definition) is 0. The third-order valence-electron chi connectivity index (χ3n) is 10.2. The van der Waals surface area contributed by atoms with Gasteiger partial charge in [-0.3, -0.25) is 9.59 Å². The summed E-state index contributed by atoms with van der Waals surface area (Å²) in [4.78, 5) is 35.0. The Morgan fingerprint density at radius 1 is 0.308 bits per heavy atom. The predicted octanol–water partition coefficient (Wildman–Crippen LogP) is 13.9. The van der Waals surface area contributed by atoms with E-state index in [1.807, 2.05) is 146 Å². The summed E-state index contributed by atoms with van der Waals surface area (Å²) >= 11 is 0. The van der Waals surface area contributed by atoms with Crippen molar-refractivity contribution in [3.63, 3.8) is 0 Å². The van der Waals surface area contributed by atoms with Gasteiger partial charge >= 0.3 is 20.1 Å². The van der Waals surface area contributed by atoms with E-state index in [-0.39, 0.29) is 20.1 Å². The Morgan fingerprint density at radius 2 is 0.662 bits per heavy atom. The average molecular weight is 1020 g/mol. The second kappa shape index (κ2) is 22.9. The summed E-state index contributed by atoms with van der Waals surface area (Å²) in [6.45, 7) is 0. The first-order chi connectivity index (χ1) is 31.6. The van der Waals surface area contributed by atoms with E-state index in [0.29, 0.717) is 11.1 Å². The van der Waals surface area contributed by atoms with Crippen LogP contribution in [0.2, 0.25) is 0 Å². The number of rotatable bonds is 9. The van der Waals surface area contributed by atoms with Gasteiger partial charge in [-0.05, 0) is 92.9 Å². The van der Waals surface area contributed by atoms with Gasteiger partial charge in [0.2, 0.25) is 0 Å². The van der Waals surface area contributed by atoms with E-state index >= 15 is 0 Å². The number of pyridine rings is 3. The maximum atomic E-state index is 11.2. The molecule has 0 saturated heterocycles. The zero-order valence-corrected chi connectivity index (χ0v) is 37.5. The fraction of sp³-hybridized carbons (Fsp3) is 0. The molecule has 6 heteroatoms. The molecule has 3 aromatic heterocycles. The van der Waals surface area contributed by atoms with Gasteiger partial charge < -0.3 is 15.0 Å². The molecule has 312 valence electrons. The van der Waals surface area contributed by atoms with E-state index in [0.717, 1.165) is 90.9 Å². The molecule has 0 radical (unpaired) electrons. The monoisotopic (exact) mass is 1020 g/mol. The predicted molar refractivity (Wildman–Crippen MR) is 258 cm³/mol. The van der Waals surface area contributed by atoms with Gasteiger partial charge in [-0.1, -0.05) is 109 Å². The minimum Gasteiger partial charge on any atom is -0.305 e. The van der Waals surface area contributed by atoms with Gasteiger partial charge in [-0.25, -0.2) is 0 Å². The molecule has 10 aromatic rings. The van der Waals surface area contributed by atoms with Crippen LogP contribution in [0.3, 0.4) is 0 Å². The zero-order chi connectivity index (χ0) is 43.8. The van der Waals surface area contributed by atoms with Crippen molar-refractivity contribution in [2.75, 3.05) is 0 Å². The molecule has 0 aliphatic rings. The molecular formula is C59H40IrN3O2. The van der Waals surface area contributed by atoms with Crippen molar-refractivity contribution in [2.45, 2.75) is 0 Å². The molecule has 3 heterocycles. The van der Waals surface area contributed by atoms with Crippen LogP contribution in [-0.2, 0) is 20.1 Å². The second-order valence-electron chi connectivity index (χ2n) is 14.6. The molecule has 0 saturated carbocycles. The van der Waals surface area contributed by atoms with Gasteiger partial charge in [-0.2, -0.15) is 0 Å². The van der Waals surface area contributed by atoms with Gasteiger partial charge in [0.1, 0.15) is 12.6 Å². The van der Waals surface area contributed by atoms with Crippen LogP contribution in [0.25, 0.3) is 78.3 Å². The van der Waals surface area contributed by atoms with E-state index in [2.05, 4.69) is 93.8 Å². The summed E-state index contributed by atoms with van der Waals surface area (Å²) in [7, 11) is 0. The van der Waals surface area contributed by atoms with Crippen molar-refractivity contribution < 1.29 is 29.7 Å². The molecule has 0 fully saturated rings. The van der Waals surface area contributed by atoms with Crippen molar-refractivity contribution >= 4 is 12.6 Å². The van der Waals surface area contributed by atoms with Crippen molar-refractivity contribution in [1.29, 1.82) is 0 Å². The fourth-order valence-electron chi connectivity index (χ4n) is 7.05. The Bertz CT molecular complexity index is 3050. The van der Waals surface area contributed by atoms with Gasteiger partial charge in [-0.15, -0.1) is 107 Å². The quantitative estimate of drug-likeness (QED) is 0.106. The smallest absolute Gasteiger partial charge is 0.305 e. The van der Waals surface area contributed by atoms with Crippen LogP contribution in [0.15, 0.2) is 231 Å². The van der Waals surface area contributed by atoms with Gasteiger partial charge in [0.05, 0.1) is 0 Å². The molecule has 65 heavy (non-hydrogen) atoms. The molecule has 0 unspecified atom stereocenters. The molecule has 7 aromatic carbocycles. The Labute approximate surface area is 393 Å². The van der Waals surface area contributed by atoms with Crippen LogP contribution in [0.4, 0.5) is 0 Å². The third-order valence-corrected chi connectivity index (χ3v) is 10.2. The minimum atomic E-state index is 0. The molecule has 0 N–H and O–H groups in total. The molecule has 10 rings (SSSR count). The average Bonchev–Trinajstić information content (AvgIpc) is 3.40. The van der Waals surface area contributed by atoms with Crippen LogP contribution >= 0.6 is 0 Å². The largest absolute Gasteiger partial charge is 3.00 e. The van der Waals surface area contributed by atoms with Gasteiger partial charge in [0.15, 0.2) is 0 Å². The molecule has 0 aliphatic carbocycles. The Balaban J connectivity index is 0.000000162. The first kappa shape index (κ1) is 45.0.